The van der Waals surface area contributed by atoms with Gasteiger partial charge in [0.05, 0.1) is 0 Å². The Hall–Kier alpha value is -3.24. The third-order valence-corrected chi connectivity index (χ3v) is 5.66. The zero-order valence-electron chi connectivity index (χ0n) is 17.6. The molecule has 33 heavy (non-hydrogen) atoms. The van der Waals surface area contributed by atoms with E-state index in [0.717, 1.165) is 22.6 Å². The van der Waals surface area contributed by atoms with Gasteiger partial charge in [0, 0.05) is 50.0 Å². The molecule has 0 aliphatic carbocycles. The number of aliphatic hydroxyl groups is 1. The van der Waals surface area contributed by atoms with Crippen LogP contribution in [0.1, 0.15) is 12.0 Å². The molecule has 174 valence electrons. The van der Waals surface area contributed by atoms with E-state index in [4.69, 9.17) is 21.4 Å². The quantitative estimate of drug-likeness (QED) is 0.690. The van der Waals surface area contributed by atoms with Crippen LogP contribution >= 0.6 is 11.6 Å². The molecule has 2 aliphatic heterocycles. The minimum atomic E-state index is -0.921. The highest BCUT2D eigenvalue weighted by atomic mass is 35.5. The van der Waals surface area contributed by atoms with E-state index in [-0.39, 0.29) is 37.9 Å². The number of aliphatic hydroxyl groups excluding tert-OH is 1. The smallest absolute Gasteiger partial charge is 0.328 e. The van der Waals surface area contributed by atoms with Gasteiger partial charge in [-0.25, -0.2) is 18.6 Å². The Morgan fingerprint density at radius 2 is 1.79 bits per heavy atom. The molecule has 2 aromatic rings. The average Bonchev–Trinajstić information content (AvgIpc) is 3.11. The van der Waals surface area contributed by atoms with Crippen LogP contribution in [0.3, 0.4) is 0 Å². The number of nitrogens with zero attached hydrogens (tertiary/aromatic N) is 4. The summed E-state index contributed by atoms with van der Waals surface area (Å²) >= 11 is 5.97. The summed E-state index contributed by atoms with van der Waals surface area (Å²) in [6.45, 7) is 0.0255. The molecule has 2 aliphatic rings. The van der Waals surface area contributed by atoms with Crippen molar-refractivity contribution in [1.82, 2.24) is 14.7 Å². The lowest BCUT2D eigenvalue weighted by Gasteiger charge is -2.41. The number of rotatable bonds is 6. The van der Waals surface area contributed by atoms with Crippen molar-refractivity contribution in [1.29, 1.82) is 0 Å². The van der Waals surface area contributed by atoms with Crippen molar-refractivity contribution in [3.63, 3.8) is 0 Å². The standard InChI is InChI=1S/C22H21ClF2N4O4/c1-27-19-18(20(31)28(22(27)32)7-2-8-30)29(12-13-3-5-14(23)6-4-13)21(26-19)33-17-10-15(24)9-16(25)11-17/h3-6,9-11,18-19,30H,2,7-8,12H2,1H3. The van der Waals surface area contributed by atoms with Crippen LogP contribution in [0.5, 0.6) is 5.75 Å². The summed E-state index contributed by atoms with van der Waals surface area (Å²) in [4.78, 5) is 34.4. The van der Waals surface area contributed by atoms with Crippen LogP contribution in [0.25, 0.3) is 0 Å². The fourth-order valence-electron chi connectivity index (χ4n) is 3.82. The SMILES string of the molecule is CN1C(=O)N(CCCO)C(=O)C2C1N=C(Oc1cc(F)cc(F)c1)N2Cc1ccc(Cl)cc1. The highest BCUT2D eigenvalue weighted by Crippen LogP contribution is 2.31. The summed E-state index contributed by atoms with van der Waals surface area (Å²) in [7, 11) is 1.51. The van der Waals surface area contributed by atoms with Crippen molar-refractivity contribution >= 4 is 29.6 Å². The van der Waals surface area contributed by atoms with Gasteiger partial charge in [-0.3, -0.25) is 9.69 Å². The number of imide groups is 1. The summed E-state index contributed by atoms with van der Waals surface area (Å²) in [5.41, 5.74) is 0.774. The van der Waals surface area contributed by atoms with Crippen LogP contribution in [0.15, 0.2) is 47.5 Å². The van der Waals surface area contributed by atoms with E-state index < -0.39 is 35.8 Å². The number of carbonyl (C=O) groups is 2. The van der Waals surface area contributed by atoms with Crippen LogP contribution in [0, 0.1) is 11.6 Å². The lowest BCUT2D eigenvalue weighted by Crippen LogP contribution is -2.65. The Balaban J connectivity index is 1.70. The molecule has 0 bridgehead atoms. The summed E-state index contributed by atoms with van der Waals surface area (Å²) in [5.74, 6) is -2.30. The summed E-state index contributed by atoms with van der Waals surface area (Å²) in [5, 5.41) is 9.69. The lowest BCUT2D eigenvalue weighted by molar-refractivity contribution is -0.137. The van der Waals surface area contributed by atoms with Gasteiger partial charge < -0.3 is 19.6 Å². The van der Waals surface area contributed by atoms with Gasteiger partial charge in [-0.05, 0) is 24.1 Å². The number of urea groups is 1. The molecule has 0 saturated carbocycles. The minimum Gasteiger partial charge on any atom is -0.426 e. The number of benzene rings is 2. The van der Waals surface area contributed by atoms with Crippen molar-refractivity contribution in [2.45, 2.75) is 25.2 Å². The van der Waals surface area contributed by atoms with Crippen LogP contribution in [0.4, 0.5) is 13.6 Å². The topological polar surface area (TPSA) is 85.7 Å². The molecule has 11 heteroatoms. The Morgan fingerprint density at radius 1 is 1.12 bits per heavy atom. The number of halogens is 3. The number of hydrogen-bond acceptors (Lipinski definition) is 6. The van der Waals surface area contributed by atoms with Gasteiger partial charge in [0.15, 0.2) is 12.2 Å². The van der Waals surface area contributed by atoms with Gasteiger partial charge in [-0.2, -0.15) is 0 Å². The van der Waals surface area contributed by atoms with E-state index in [1.54, 1.807) is 29.2 Å². The number of fused-ring (bicyclic) bond motifs is 1. The van der Waals surface area contributed by atoms with Crippen molar-refractivity contribution in [3.8, 4) is 5.75 Å². The third-order valence-electron chi connectivity index (χ3n) is 5.41. The van der Waals surface area contributed by atoms with Crippen LogP contribution < -0.4 is 4.74 Å². The number of carbonyl (C=O) groups excluding carboxylic acids is 2. The fourth-order valence-corrected chi connectivity index (χ4v) is 3.95. The molecule has 2 unspecified atom stereocenters. The number of likely N-dealkylation sites (N-methyl/N-ethyl adjacent to an activating group) is 1. The second-order valence-electron chi connectivity index (χ2n) is 7.69. The second kappa shape index (κ2) is 9.32. The number of ether oxygens (including phenoxy) is 1. The molecule has 8 nitrogen and oxygen atoms in total. The molecular formula is C22H21ClF2N4O4. The molecular weight excluding hydrogens is 458 g/mol. The van der Waals surface area contributed by atoms with Crippen LogP contribution in [-0.2, 0) is 11.3 Å². The monoisotopic (exact) mass is 478 g/mol. The fraction of sp³-hybridized carbons (Fsp3) is 0.318. The maximum atomic E-state index is 13.7. The molecule has 0 aromatic heterocycles. The molecule has 2 heterocycles. The van der Waals surface area contributed by atoms with E-state index in [9.17, 15) is 18.4 Å². The summed E-state index contributed by atoms with van der Waals surface area (Å²) in [6, 6.07) is 8.09. The first-order chi connectivity index (χ1) is 15.8. The van der Waals surface area contributed by atoms with E-state index in [1.807, 2.05) is 0 Å². The largest absolute Gasteiger partial charge is 0.426 e. The zero-order valence-corrected chi connectivity index (χ0v) is 18.4. The predicted molar refractivity (Wildman–Crippen MR) is 116 cm³/mol. The highest BCUT2D eigenvalue weighted by molar-refractivity contribution is 6.30. The molecule has 1 N–H and O–H groups in total. The van der Waals surface area contributed by atoms with E-state index in [0.29, 0.717) is 11.1 Å². The number of amides is 3. The van der Waals surface area contributed by atoms with Gasteiger partial charge in [0.1, 0.15) is 17.4 Å². The molecule has 2 aromatic carbocycles. The first-order valence-corrected chi connectivity index (χ1v) is 10.6. The lowest BCUT2D eigenvalue weighted by atomic mass is 10.1. The third kappa shape index (κ3) is 4.62. The second-order valence-corrected chi connectivity index (χ2v) is 8.13. The van der Waals surface area contributed by atoms with Crippen molar-refractivity contribution in [2.24, 2.45) is 4.99 Å². The summed E-state index contributed by atoms with van der Waals surface area (Å²) in [6.07, 6.45) is -0.664. The normalized spacial score (nSPS) is 20.3. The average molecular weight is 479 g/mol. The molecule has 0 spiro atoms. The summed E-state index contributed by atoms with van der Waals surface area (Å²) < 4.78 is 33.1. The Kier molecular flexibility index (Phi) is 6.48. The Morgan fingerprint density at radius 3 is 2.42 bits per heavy atom. The van der Waals surface area contributed by atoms with Crippen LogP contribution in [-0.4, -0.2) is 70.2 Å². The van der Waals surface area contributed by atoms with Gasteiger partial charge >= 0.3 is 6.03 Å². The molecule has 4 rings (SSSR count). The molecule has 0 radical (unpaired) electrons. The number of hydrogen-bond donors (Lipinski definition) is 1. The zero-order chi connectivity index (χ0) is 23.7. The first-order valence-electron chi connectivity index (χ1n) is 10.2. The van der Waals surface area contributed by atoms with Gasteiger partial charge in [-0.1, -0.05) is 23.7 Å². The predicted octanol–water partition coefficient (Wildman–Crippen LogP) is 2.84. The van der Waals surface area contributed by atoms with Gasteiger partial charge in [0.25, 0.3) is 11.9 Å². The van der Waals surface area contributed by atoms with Gasteiger partial charge in [-0.15, -0.1) is 0 Å². The maximum Gasteiger partial charge on any atom is 0.328 e. The van der Waals surface area contributed by atoms with Crippen molar-refractivity contribution in [2.75, 3.05) is 20.2 Å². The van der Waals surface area contributed by atoms with E-state index in [2.05, 4.69) is 4.99 Å². The maximum absolute atomic E-state index is 13.7. The van der Waals surface area contributed by atoms with Crippen molar-refractivity contribution < 1.29 is 28.2 Å². The minimum absolute atomic E-state index is 0.0435. The molecule has 2 atom stereocenters. The Bertz CT molecular complexity index is 1080. The van der Waals surface area contributed by atoms with Gasteiger partial charge in [0.2, 0.25) is 0 Å². The van der Waals surface area contributed by atoms with E-state index in [1.165, 1.54) is 11.9 Å². The number of aliphatic imine (C=N–C) groups is 1. The van der Waals surface area contributed by atoms with Crippen molar-refractivity contribution in [3.05, 3.63) is 64.7 Å². The number of amidine groups is 1. The molecule has 3 amide bonds. The van der Waals surface area contributed by atoms with E-state index >= 15 is 0 Å². The first kappa shape index (κ1) is 22.9. The Labute approximate surface area is 193 Å². The van der Waals surface area contributed by atoms with Crippen LogP contribution in [0.2, 0.25) is 5.02 Å². The molecule has 1 fully saturated rings. The molecule has 1 saturated heterocycles. The highest BCUT2D eigenvalue weighted by Gasteiger charge is 2.52.